The summed E-state index contributed by atoms with van der Waals surface area (Å²) in [5, 5.41) is 9.63. The van der Waals surface area contributed by atoms with E-state index in [-0.39, 0.29) is 11.5 Å². The van der Waals surface area contributed by atoms with E-state index in [9.17, 15) is 4.79 Å². The predicted octanol–water partition coefficient (Wildman–Crippen LogP) is 3.28. The number of rotatable bonds is 5. The molecule has 23 heavy (non-hydrogen) atoms. The molecule has 1 aromatic heterocycles. The van der Waals surface area contributed by atoms with Gasteiger partial charge in [0, 0.05) is 16.9 Å². The van der Waals surface area contributed by atoms with Crippen LogP contribution in [0.3, 0.4) is 0 Å². The van der Waals surface area contributed by atoms with Crippen molar-refractivity contribution < 1.29 is 9.53 Å². The molecule has 0 amide bonds. The van der Waals surface area contributed by atoms with Gasteiger partial charge >= 0.3 is 5.97 Å². The van der Waals surface area contributed by atoms with Crippen molar-refractivity contribution in [2.24, 2.45) is 0 Å². The molecular formula is C17H21N3O2S. The fourth-order valence-corrected chi connectivity index (χ4v) is 3.99. The van der Waals surface area contributed by atoms with Gasteiger partial charge in [-0.2, -0.15) is 0 Å². The zero-order valence-electron chi connectivity index (χ0n) is 13.7. The molecule has 2 heterocycles. The van der Waals surface area contributed by atoms with E-state index in [0.717, 1.165) is 23.0 Å². The lowest BCUT2D eigenvalue weighted by molar-refractivity contribution is -0.142. The Morgan fingerprint density at radius 3 is 2.91 bits per heavy atom. The molecule has 122 valence electrons. The second-order valence-corrected chi connectivity index (χ2v) is 7.25. The molecule has 3 rings (SSSR count). The maximum Gasteiger partial charge on any atom is 0.306 e. The van der Waals surface area contributed by atoms with Gasteiger partial charge in [0.1, 0.15) is 0 Å². The summed E-state index contributed by atoms with van der Waals surface area (Å²) in [5.41, 5.74) is 2.37. The molecule has 0 unspecified atom stereocenters. The summed E-state index contributed by atoms with van der Waals surface area (Å²) in [4.78, 5) is 11.5. The van der Waals surface area contributed by atoms with Gasteiger partial charge in [0.2, 0.25) is 0 Å². The monoisotopic (exact) mass is 331 g/mol. The lowest BCUT2D eigenvalue weighted by atomic mass is 9.87. The molecule has 0 fully saturated rings. The first-order valence-corrected chi connectivity index (χ1v) is 8.84. The van der Waals surface area contributed by atoms with Gasteiger partial charge in [-0.25, -0.2) is 0 Å². The number of carbonyl (C=O) groups is 1. The lowest BCUT2D eigenvalue weighted by Crippen LogP contribution is -2.33. The van der Waals surface area contributed by atoms with Gasteiger partial charge in [0.25, 0.3) is 0 Å². The van der Waals surface area contributed by atoms with E-state index in [1.165, 1.54) is 5.56 Å². The Hall–Kier alpha value is -1.82. The van der Waals surface area contributed by atoms with Crippen LogP contribution in [0.4, 0.5) is 0 Å². The largest absolute Gasteiger partial charge is 0.466 e. The minimum atomic E-state index is -0.164. The normalized spacial score (nSPS) is 14.9. The van der Waals surface area contributed by atoms with Gasteiger partial charge in [-0.05, 0) is 32.8 Å². The Labute approximate surface area is 140 Å². The summed E-state index contributed by atoms with van der Waals surface area (Å²) in [7, 11) is 0. The zero-order chi connectivity index (χ0) is 16.4. The highest BCUT2D eigenvalue weighted by Crippen LogP contribution is 2.39. The highest BCUT2D eigenvalue weighted by atomic mass is 32.2. The van der Waals surface area contributed by atoms with Gasteiger partial charge in [-0.15, -0.1) is 10.2 Å². The van der Waals surface area contributed by atoms with Crippen LogP contribution in [0.1, 0.15) is 32.8 Å². The standard InChI is InChI=1S/C17H21N3O2S/c1-4-22-14(21)9-10-23-16-19-18-15-13-8-6-5-7-12(13)11-17(2,3)20(15)16/h5-8H,4,9-11H2,1-3H3. The van der Waals surface area contributed by atoms with Crippen molar-refractivity contribution in [2.75, 3.05) is 12.4 Å². The number of thioether (sulfide) groups is 1. The summed E-state index contributed by atoms with van der Waals surface area (Å²) < 4.78 is 7.17. The van der Waals surface area contributed by atoms with Crippen LogP contribution >= 0.6 is 11.8 Å². The van der Waals surface area contributed by atoms with E-state index in [0.29, 0.717) is 18.8 Å². The molecule has 0 spiro atoms. The molecule has 1 aliphatic heterocycles. The van der Waals surface area contributed by atoms with E-state index in [2.05, 4.69) is 46.8 Å². The summed E-state index contributed by atoms with van der Waals surface area (Å²) in [6, 6.07) is 8.35. The quantitative estimate of drug-likeness (QED) is 0.621. The number of carbonyl (C=O) groups excluding carboxylic acids is 1. The molecule has 2 aromatic rings. The van der Waals surface area contributed by atoms with Crippen LogP contribution in [0, 0.1) is 0 Å². The molecule has 5 nitrogen and oxygen atoms in total. The highest BCUT2D eigenvalue weighted by Gasteiger charge is 2.34. The maximum absolute atomic E-state index is 11.5. The summed E-state index contributed by atoms with van der Waals surface area (Å²) in [6.07, 6.45) is 1.33. The fraction of sp³-hybridized carbons (Fsp3) is 0.471. The first kappa shape index (κ1) is 16.1. The van der Waals surface area contributed by atoms with E-state index in [1.54, 1.807) is 11.8 Å². The van der Waals surface area contributed by atoms with E-state index < -0.39 is 0 Å². The Morgan fingerprint density at radius 2 is 2.13 bits per heavy atom. The van der Waals surface area contributed by atoms with Crippen molar-refractivity contribution >= 4 is 17.7 Å². The van der Waals surface area contributed by atoms with Gasteiger partial charge in [-0.3, -0.25) is 9.36 Å². The van der Waals surface area contributed by atoms with Gasteiger partial charge in [-0.1, -0.05) is 36.0 Å². The molecule has 0 aliphatic carbocycles. The van der Waals surface area contributed by atoms with E-state index in [4.69, 9.17) is 4.74 Å². The van der Waals surface area contributed by atoms with Crippen molar-refractivity contribution in [2.45, 2.75) is 44.3 Å². The number of fused-ring (bicyclic) bond motifs is 3. The molecule has 0 saturated carbocycles. The second kappa shape index (κ2) is 6.35. The minimum Gasteiger partial charge on any atom is -0.466 e. The summed E-state index contributed by atoms with van der Waals surface area (Å²) in [6.45, 7) is 6.64. The third-order valence-electron chi connectivity index (χ3n) is 3.96. The Kier molecular flexibility index (Phi) is 4.43. The molecule has 0 radical (unpaired) electrons. The molecule has 6 heteroatoms. The second-order valence-electron chi connectivity index (χ2n) is 6.19. The van der Waals surface area contributed by atoms with Gasteiger partial charge in [0.15, 0.2) is 11.0 Å². The van der Waals surface area contributed by atoms with Crippen LogP contribution in [0.25, 0.3) is 11.4 Å². The number of ether oxygens (including phenoxy) is 1. The lowest BCUT2D eigenvalue weighted by Gasteiger charge is -2.34. The average molecular weight is 331 g/mol. The zero-order valence-corrected chi connectivity index (χ0v) is 14.5. The number of hydrogen-bond acceptors (Lipinski definition) is 5. The minimum absolute atomic E-state index is 0.0839. The SMILES string of the molecule is CCOC(=O)CCSc1nnc2n1C(C)(C)Cc1ccccc1-2. The summed E-state index contributed by atoms with van der Waals surface area (Å²) in [5.74, 6) is 1.40. The third-order valence-corrected chi connectivity index (χ3v) is 4.89. The molecular weight excluding hydrogens is 310 g/mol. The highest BCUT2D eigenvalue weighted by molar-refractivity contribution is 7.99. The molecule has 0 N–H and O–H groups in total. The average Bonchev–Trinajstić information content (AvgIpc) is 2.93. The summed E-state index contributed by atoms with van der Waals surface area (Å²) >= 11 is 1.56. The number of esters is 1. The van der Waals surface area contributed by atoms with E-state index >= 15 is 0 Å². The molecule has 0 bridgehead atoms. The van der Waals surface area contributed by atoms with Crippen molar-refractivity contribution in [3.63, 3.8) is 0 Å². The Bertz CT molecular complexity index is 724. The van der Waals surface area contributed by atoms with Gasteiger partial charge in [0.05, 0.1) is 13.0 Å². The molecule has 0 saturated heterocycles. The third kappa shape index (κ3) is 3.13. The van der Waals surface area contributed by atoms with Crippen molar-refractivity contribution in [3.05, 3.63) is 29.8 Å². The number of aromatic nitrogens is 3. The van der Waals surface area contributed by atoms with Crippen LogP contribution in [-0.2, 0) is 21.5 Å². The van der Waals surface area contributed by atoms with Crippen LogP contribution < -0.4 is 0 Å². The fourth-order valence-electron chi connectivity index (χ4n) is 2.98. The molecule has 0 atom stereocenters. The van der Waals surface area contributed by atoms with Crippen LogP contribution in [-0.4, -0.2) is 33.1 Å². The van der Waals surface area contributed by atoms with Crippen molar-refractivity contribution in [1.82, 2.24) is 14.8 Å². The predicted molar refractivity (Wildman–Crippen MR) is 90.5 cm³/mol. The maximum atomic E-state index is 11.5. The van der Waals surface area contributed by atoms with Gasteiger partial charge < -0.3 is 4.74 Å². The molecule has 1 aliphatic rings. The molecule has 1 aromatic carbocycles. The van der Waals surface area contributed by atoms with Crippen molar-refractivity contribution in [3.8, 4) is 11.4 Å². The number of nitrogens with zero attached hydrogens (tertiary/aromatic N) is 3. The Balaban J connectivity index is 1.84. The van der Waals surface area contributed by atoms with Crippen LogP contribution in [0.2, 0.25) is 0 Å². The first-order valence-electron chi connectivity index (χ1n) is 7.85. The van der Waals surface area contributed by atoms with Crippen LogP contribution in [0.5, 0.6) is 0 Å². The number of hydrogen-bond donors (Lipinski definition) is 0. The van der Waals surface area contributed by atoms with E-state index in [1.807, 2.05) is 13.0 Å². The first-order chi connectivity index (χ1) is 11.0. The topological polar surface area (TPSA) is 57.0 Å². The Morgan fingerprint density at radius 1 is 1.35 bits per heavy atom. The van der Waals surface area contributed by atoms with Crippen LogP contribution in [0.15, 0.2) is 29.4 Å². The smallest absolute Gasteiger partial charge is 0.306 e. The number of benzene rings is 1. The van der Waals surface area contributed by atoms with Crippen molar-refractivity contribution in [1.29, 1.82) is 0 Å².